The smallest absolute Gasteiger partial charge is 0.311 e. The van der Waals surface area contributed by atoms with Crippen LogP contribution < -0.4 is 15.5 Å². The van der Waals surface area contributed by atoms with Crippen LogP contribution in [0.1, 0.15) is 16.7 Å². The number of alkyl halides is 3. The number of likely N-dealkylation sites (N-methyl/N-ethyl adjacent to an activating group) is 1. The number of aliphatic imine (C=N–C) groups is 1. The van der Waals surface area contributed by atoms with Crippen LogP contribution >= 0.6 is 11.6 Å². The van der Waals surface area contributed by atoms with Gasteiger partial charge in [0.15, 0.2) is 0 Å². The summed E-state index contributed by atoms with van der Waals surface area (Å²) in [6.07, 6.45) is -6.01. The number of hydrogen-bond acceptors (Lipinski definition) is 3. The third kappa shape index (κ3) is 4.74. The first-order valence-corrected chi connectivity index (χ1v) is 10.5. The second kappa shape index (κ2) is 9.18. The zero-order valence-electron chi connectivity index (χ0n) is 17.7. The fraction of sp³-hybridized carbons (Fsp3) is 0.125. The highest BCUT2D eigenvalue weighted by Gasteiger charge is 2.34. The lowest BCUT2D eigenvalue weighted by atomic mass is 10.0. The minimum absolute atomic E-state index is 0.140. The van der Waals surface area contributed by atoms with Gasteiger partial charge in [-0.1, -0.05) is 60.1 Å². The number of fused-ring (bicyclic) bond motifs is 1. The minimum atomic E-state index is -4.69. The Balaban J connectivity index is 1.65. The highest BCUT2D eigenvalue weighted by Crippen LogP contribution is 2.36. The van der Waals surface area contributed by atoms with E-state index in [1.165, 1.54) is 11.0 Å². The molecule has 0 radical (unpaired) electrons. The number of rotatable bonds is 3. The Morgan fingerprint density at radius 2 is 1.71 bits per heavy atom. The van der Waals surface area contributed by atoms with Gasteiger partial charge in [0.05, 0.1) is 22.0 Å². The van der Waals surface area contributed by atoms with Gasteiger partial charge in [0.2, 0.25) is 6.17 Å². The molecule has 3 aromatic rings. The van der Waals surface area contributed by atoms with E-state index in [2.05, 4.69) is 15.6 Å². The van der Waals surface area contributed by atoms with Crippen molar-refractivity contribution < 1.29 is 22.8 Å². The summed E-state index contributed by atoms with van der Waals surface area (Å²) < 4.78 is 39.4. The number of urea groups is 1. The van der Waals surface area contributed by atoms with Crippen LogP contribution in [0.5, 0.6) is 0 Å². The molecule has 0 bridgehead atoms. The molecule has 0 aliphatic carbocycles. The maximum Gasteiger partial charge on any atom is 0.417 e. The van der Waals surface area contributed by atoms with Crippen molar-refractivity contribution in [3.8, 4) is 0 Å². The molecule has 1 heterocycles. The SMILES string of the molecule is CN1C(=O)[C@H](NC(=O)Nc2ccc(Cl)c(C(F)(F)F)c2)N=C(c2ccccc2)c2ccccc21. The molecule has 0 saturated heterocycles. The van der Waals surface area contributed by atoms with Crippen molar-refractivity contribution in [2.45, 2.75) is 12.3 Å². The normalized spacial score (nSPS) is 15.8. The molecule has 0 saturated carbocycles. The van der Waals surface area contributed by atoms with Gasteiger partial charge in [0, 0.05) is 23.9 Å². The standard InChI is InChI=1S/C24H18ClF3N4O2/c1-32-19-10-6-5-9-16(19)20(14-7-3-2-4-8-14)30-21(22(32)33)31-23(34)29-15-11-12-18(25)17(13-15)24(26,27)28/h2-13,21H,1H3,(H2,29,31,34)/t21-/m0/s1. The van der Waals surface area contributed by atoms with E-state index >= 15 is 0 Å². The van der Waals surface area contributed by atoms with Crippen LogP contribution in [0, 0.1) is 0 Å². The lowest BCUT2D eigenvalue weighted by Crippen LogP contribution is -2.47. The van der Waals surface area contributed by atoms with E-state index in [0.29, 0.717) is 17.0 Å². The first-order chi connectivity index (χ1) is 16.1. The van der Waals surface area contributed by atoms with Gasteiger partial charge in [-0.2, -0.15) is 13.2 Å². The lowest BCUT2D eigenvalue weighted by Gasteiger charge is -2.21. The Kier molecular flexibility index (Phi) is 6.30. The van der Waals surface area contributed by atoms with Crippen molar-refractivity contribution >= 4 is 40.6 Å². The van der Waals surface area contributed by atoms with Gasteiger partial charge in [-0.05, 0) is 24.3 Å². The summed E-state index contributed by atoms with van der Waals surface area (Å²) in [5.74, 6) is -0.513. The number of anilines is 2. The van der Waals surface area contributed by atoms with Crippen molar-refractivity contribution in [2.24, 2.45) is 4.99 Å². The van der Waals surface area contributed by atoms with Crippen molar-refractivity contribution in [3.05, 3.63) is 94.5 Å². The van der Waals surface area contributed by atoms with Gasteiger partial charge in [-0.15, -0.1) is 0 Å². The van der Waals surface area contributed by atoms with E-state index in [4.69, 9.17) is 11.6 Å². The van der Waals surface area contributed by atoms with E-state index in [9.17, 15) is 22.8 Å². The molecule has 1 aliphatic heterocycles. The van der Waals surface area contributed by atoms with E-state index < -0.39 is 34.9 Å². The van der Waals surface area contributed by atoms with Crippen LogP contribution in [0.4, 0.5) is 29.3 Å². The van der Waals surface area contributed by atoms with Crippen LogP contribution in [0.25, 0.3) is 0 Å². The van der Waals surface area contributed by atoms with Crippen molar-refractivity contribution in [3.63, 3.8) is 0 Å². The van der Waals surface area contributed by atoms with Crippen LogP contribution in [-0.4, -0.2) is 30.9 Å². The molecule has 10 heteroatoms. The molecule has 3 aromatic carbocycles. The second-order valence-electron chi connectivity index (χ2n) is 7.45. The molecule has 1 aliphatic rings. The Morgan fingerprint density at radius 3 is 2.41 bits per heavy atom. The second-order valence-corrected chi connectivity index (χ2v) is 7.86. The molecule has 0 unspecified atom stereocenters. The molecule has 1 atom stereocenters. The Hall–Kier alpha value is -3.85. The van der Waals surface area contributed by atoms with Gasteiger partial charge in [0.25, 0.3) is 5.91 Å². The minimum Gasteiger partial charge on any atom is -0.311 e. The van der Waals surface area contributed by atoms with E-state index in [-0.39, 0.29) is 5.69 Å². The third-order valence-electron chi connectivity index (χ3n) is 5.19. The first kappa shape index (κ1) is 23.3. The van der Waals surface area contributed by atoms with Crippen molar-refractivity contribution in [1.82, 2.24) is 5.32 Å². The van der Waals surface area contributed by atoms with Gasteiger partial charge in [-0.3, -0.25) is 4.79 Å². The maximum absolute atomic E-state index is 13.1. The highest BCUT2D eigenvalue weighted by atomic mass is 35.5. The van der Waals surface area contributed by atoms with Crippen LogP contribution in [0.15, 0.2) is 77.8 Å². The number of benzene rings is 3. The molecule has 0 fully saturated rings. The number of para-hydroxylation sites is 1. The fourth-order valence-electron chi connectivity index (χ4n) is 3.55. The number of nitrogens with zero attached hydrogens (tertiary/aromatic N) is 2. The predicted octanol–water partition coefficient (Wildman–Crippen LogP) is 5.32. The first-order valence-electron chi connectivity index (χ1n) is 10.1. The van der Waals surface area contributed by atoms with Crippen LogP contribution in [-0.2, 0) is 11.0 Å². The van der Waals surface area contributed by atoms with Gasteiger partial charge >= 0.3 is 12.2 Å². The summed E-state index contributed by atoms with van der Waals surface area (Å²) in [6.45, 7) is 0. The molecular weight excluding hydrogens is 469 g/mol. The number of amides is 3. The predicted molar refractivity (Wildman–Crippen MR) is 124 cm³/mol. The Bertz CT molecular complexity index is 1280. The molecular formula is C24H18ClF3N4O2. The average Bonchev–Trinajstić information content (AvgIpc) is 2.91. The Labute approximate surface area is 198 Å². The fourth-order valence-corrected chi connectivity index (χ4v) is 3.78. The van der Waals surface area contributed by atoms with Crippen molar-refractivity contribution in [1.29, 1.82) is 0 Å². The molecule has 2 N–H and O–H groups in total. The summed E-state index contributed by atoms with van der Waals surface area (Å²) in [7, 11) is 1.56. The molecule has 3 amide bonds. The number of carbonyl (C=O) groups excluding carboxylic acids is 2. The largest absolute Gasteiger partial charge is 0.417 e. The van der Waals surface area contributed by atoms with Gasteiger partial charge in [-0.25, -0.2) is 9.79 Å². The van der Waals surface area contributed by atoms with Gasteiger partial charge in [0.1, 0.15) is 0 Å². The number of carbonyl (C=O) groups is 2. The average molecular weight is 487 g/mol. The molecule has 0 aromatic heterocycles. The summed E-state index contributed by atoms with van der Waals surface area (Å²) in [5.41, 5.74) is 1.30. The van der Waals surface area contributed by atoms with Crippen molar-refractivity contribution in [2.75, 3.05) is 17.3 Å². The zero-order valence-corrected chi connectivity index (χ0v) is 18.5. The van der Waals surface area contributed by atoms with E-state index in [1.807, 2.05) is 42.5 Å². The molecule has 0 spiro atoms. The summed E-state index contributed by atoms with van der Waals surface area (Å²) in [5, 5.41) is 4.27. The maximum atomic E-state index is 13.1. The third-order valence-corrected chi connectivity index (χ3v) is 5.52. The molecule has 4 rings (SSSR count). The number of nitrogens with one attached hydrogen (secondary N) is 2. The summed E-state index contributed by atoms with van der Waals surface area (Å²) in [4.78, 5) is 31.6. The quantitative estimate of drug-likeness (QED) is 0.526. The zero-order chi connectivity index (χ0) is 24.5. The topological polar surface area (TPSA) is 73.8 Å². The highest BCUT2D eigenvalue weighted by molar-refractivity contribution is 6.31. The van der Waals surface area contributed by atoms with Crippen LogP contribution in [0.3, 0.4) is 0 Å². The number of benzodiazepines with no additional fused rings is 1. The van der Waals surface area contributed by atoms with Gasteiger partial charge < -0.3 is 15.5 Å². The summed E-state index contributed by atoms with van der Waals surface area (Å²) in [6, 6.07) is 18.4. The summed E-state index contributed by atoms with van der Waals surface area (Å²) >= 11 is 5.63. The number of hydrogen-bond donors (Lipinski definition) is 2. The van der Waals surface area contributed by atoms with Crippen LogP contribution in [0.2, 0.25) is 5.02 Å². The Morgan fingerprint density at radius 1 is 1.03 bits per heavy atom. The van der Waals surface area contributed by atoms with E-state index in [0.717, 1.165) is 17.7 Å². The molecule has 34 heavy (non-hydrogen) atoms. The molecule has 174 valence electrons. The lowest BCUT2D eigenvalue weighted by molar-refractivity contribution is -0.137. The monoisotopic (exact) mass is 486 g/mol. The number of halogens is 4. The molecule has 6 nitrogen and oxygen atoms in total. The van der Waals surface area contributed by atoms with E-state index in [1.54, 1.807) is 19.2 Å².